The van der Waals surface area contributed by atoms with Crippen LogP contribution in [0.15, 0.2) is 53.3 Å². The van der Waals surface area contributed by atoms with Crippen LogP contribution < -0.4 is 10.9 Å². The number of rotatable bonds is 6. The van der Waals surface area contributed by atoms with Crippen molar-refractivity contribution >= 4 is 16.7 Å². The maximum atomic E-state index is 12.6. The Kier molecular flexibility index (Phi) is 6.13. The number of nitrogens with zero attached hydrogens (tertiary/aromatic N) is 2. The van der Waals surface area contributed by atoms with Gasteiger partial charge in [0.2, 0.25) is 0 Å². The fourth-order valence-electron chi connectivity index (χ4n) is 3.15. The van der Waals surface area contributed by atoms with Crippen LogP contribution in [0.2, 0.25) is 0 Å². The lowest BCUT2D eigenvalue weighted by atomic mass is 9.87. The third-order valence-corrected chi connectivity index (χ3v) is 4.88. The van der Waals surface area contributed by atoms with Crippen LogP contribution in [0.4, 0.5) is 0 Å². The molecule has 3 aromatic rings. The van der Waals surface area contributed by atoms with Gasteiger partial charge in [-0.15, -0.1) is 0 Å². The molecule has 1 amide bonds. The molecule has 29 heavy (non-hydrogen) atoms. The number of amides is 1. The molecular weight excluding hydrogens is 366 g/mol. The highest BCUT2D eigenvalue weighted by Gasteiger charge is 2.15. The Balaban J connectivity index is 1.83. The second kappa shape index (κ2) is 8.57. The van der Waals surface area contributed by atoms with E-state index < -0.39 is 0 Å². The van der Waals surface area contributed by atoms with Gasteiger partial charge in [-0.25, -0.2) is 4.68 Å². The fourth-order valence-corrected chi connectivity index (χ4v) is 3.15. The van der Waals surface area contributed by atoms with E-state index >= 15 is 0 Å². The van der Waals surface area contributed by atoms with Gasteiger partial charge in [0.1, 0.15) is 0 Å². The van der Waals surface area contributed by atoms with Crippen LogP contribution >= 0.6 is 0 Å². The smallest absolute Gasteiger partial charge is 0.274 e. The molecule has 152 valence electrons. The topological polar surface area (TPSA) is 73.2 Å². The molecule has 0 fully saturated rings. The van der Waals surface area contributed by atoms with Gasteiger partial charge in [-0.2, -0.15) is 5.10 Å². The first kappa shape index (κ1) is 20.7. The number of aromatic nitrogens is 2. The zero-order valence-corrected chi connectivity index (χ0v) is 17.4. The van der Waals surface area contributed by atoms with Crippen LogP contribution in [0.1, 0.15) is 42.4 Å². The first-order valence-electron chi connectivity index (χ1n) is 9.67. The molecule has 0 aliphatic carbocycles. The van der Waals surface area contributed by atoms with Crippen LogP contribution in [0.25, 0.3) is 10.8 Å². The number of hydrogen-bond donors (Lipinski definition) is 1. The maximum absolute atomic E-state index is 12.6. The number of nitrogens with one attached hydrogen (secondary N) is 1. The van der Waals surface area contributed by atoms with E-state index in [2.05, 4.69) is 31.2 Å². The Bertz CT molecular complexity index is 1060. The zero-order chi connectivity index (χ0) is 21.0. The molecule has 1 heterocycles. The van der Waals surface area contributed by atoms with Gasteiger partial charge in [0.05, 0.1) is 30.8 Å². The van der Waals surface area contributed by atoms with Crippen molar-refractivity contribution in [3.05, 3.63) is 75.7 Å². The van der Waals surface area contributed by atoms with Crippen LogP contribution in [0.3, 0.4) is 0 Å². The predicted octanol–water partition coefficient (Wildman–Crippen LogP) is 3.27. The van der Waals surface area contributed by atoms with Crippen LogP contribution in [-0.2, 0) is 23.2 Å². The average Bonchev–Trinajstić information content (AvgIpc) is 2.72. The maximum Gasteiger partial charge on any atom is 0.274 e. The van der Waals surface area contributed by atoms with E-state index in [9.17, 15) is 9.59 Å². The lowest BCUT2D eigenvalue weighted by molar-refractivity contribution is 0.0950. The highest BCUT2D eigenvalue weighted by Crippen LogP contribution is 2.22. The van der Waals surface area contributed by atoms with Gasteiger partial charge in [0.15, 0.2) is 0 Å². The molecule has 2 aromatic carbocycles. The van der Waals surface area contributed by atoms with Crippen LogP contribution in [0, 0.1) is 0 Å². The van der Waals surface area contributed by atoms with E-state index in [4.69, 9.17) is 4.74 Å². The van der Waals surface area contributed by atoms with E-state index in [0.29, 0.717) is 29.8 Å². The largest absolute Gasteiger partial charge is 0.383 e. The van der Waals surface area contributed by atoms with Gasteiger partial charge in [-0.3, -0.25) is 9.59 Å². The molecule has 0 aliphatic heterocycles. The normalized spacial score (nSPS) is 11.6. The number of hydrogen-bond acceptors (Lipinski definition) is 4. The fraction of sp³-hybridized carbons (Fsp3) is 0.348. The summed E-state index contributed by atoms with van der Waals surface area (Å²) in [5.41, 5.74) is 2.29. The van der Waals surface area contributed by atoms with Crippen LogP contribution in [0.5, 0.6) is 0 Å². The van der Waals surface area contributed by atoms with Crippen LogP contribution in [-0.4, -0.2) is 29.4 Å². The number of carbonyl (C=O) groups excluding carboxylic acids is 1. The van der Waals surface area contributed by atoms with Crippen molar-refractivity contribution in [2.24, 2.45) is 0 Å². The summed E-state index contributed by atoms with van der Waals surface area (Å²) in [6.07, 6.45) is 0. The minimum atomic E-state index is -0.175. The molecule has 1 N–H and O–H groups in total. The van der Waals surface area contributed by atoms with Gasteiger partial charge in [-0.1, -0.05) is 51.1 Å². The molecule has 1 aromatic heterocycles. The molecule has 0 aliphatic rings. The van der Waals surface area contributed by atoms with E-state index in [1.165, 1.54) is 10.2 Å². The minimum absolute atomic E-state index is 0.0355. The van der Waals surface area contributed by atoms with Crippen molar-refractivity contribution in [1.82, 2.24) is 15.1 Å². The second-order valence-corrected chi connectivity index (χ2v) is 8.02. The van der Waals surface area contributed by atoms with Gasteiger partial charge >= 0.3 is 0 Å². The van der Waals surface area contributed by atoms with Gasteiger partial charge in [-0.05, 0) is 29.2 Å². The number of fused-ring (bicyclic) bond motifs is 1. The monoisotopic (exact) mass is 393 g/mol. The van der Waals surface area contributed by atoms with Crippen molar-refractivity contribution in [3.8, 4) is 0 Å². The molecule has 0 atom stereocenters. The predicted molar refractivity (Wildman–Crippen MR) is 114 cm³/mol. The molecule has 0 radical (unpaired) electrons. The van der Waals surface area contributed by atoms with Crippen molar-refractivity contribution in [3.63, 3.8) is 0 Å². The Hall–Kier alpha value is -2.99. The third-order valence-electron chi connectivity index (χ3n) is 4.88. The molecule has 0 unspecified atom stereocenters. The summed E-state index contributed by atoms with van der Waals surface area (Å²) in [5.74, 6) is -0.175. The van der Waals surface area contributed by atoms with Crippen molar-refractivity contribution < 1.29 is 9.53 Å². The van der Waals surface area contributed by atoms with Gasteiger partial charge < -0.3 is 10.1 Å². The summed E-state index contributed by atoms with van der Waals surface area (Å²) in [5, 5.41) is 8.71. The van der Waals surface area contributed by atoms with Crippen molar-refractivity contribution in [2.75, 3.05) is 13.7 Å². The molecule has 6 heteroatoms. The molecule has 0 saturated heterocycles. The highest BCUT2D eigenvalue weighted by atomic mass is 16.5. The standard InChI is InChI=1S/C23H27N3O3/c1-23(2,3)17-11-9-16(10-12-17)21(27)24-15-20-18-7-5-6-8-19(18)22(28)26(25-20)13-14-29-4/h5-12H,13-15H2,1-4H3,(H,24,27). The lowest BCUT2D eigenvalue weighted by Crippen LogP contribution is -2.29. The Morgan fingerprint density at radius 2 is 1.72 bits per heavy atom. The third kappa shape index (κ3) is 4.71. The molecule has 3 rings (SSSR count). The summed E-state index contributed by atoms with van der Waals surface area (Å²) < 4.78 is 6.47. The summed E-state index contributed by atoms with van der Waals surface area (Å²) in [6.45, 7) is 7.38. The first-order valence-corrected chi connectivity index (χ1v) is 9.67. The van der Waals surface area contributed by atoms with Crippen molar-refractivity contribution in [1.29, 1.82) is 0 Å². The van der Waals surface area contributed by atoms with E-state index in [1.807, 2.05) is 42.5 Å². The molecule has 0 saturated carbocycles. The molecule has 0 bridgehead atoms. The highest BCUT2D eigenvalue weighted by molar-refractivity contribution is 5.94. The minimum Gasteiger partial charge on any atom is -0.383 e. The summed E-state index contributed by atoms with van der Waals surface area (Å²) in [7, 11) is 1.58. The zero-order valence-electron chi connectivity index (χ0n) is 17.4. The lowest BCUT2D eigenvalue weighted by Gasteiger charge is -2.19. The number of ether oxygens (including phenoxy) is 1. The van der Waals surface area contributed by atoms with E-state index in [1.54, 1.807) is 13.2 Å². The second-order valence-electron chi connectivity index (χ2n) is 8.02. The van der Waals surface area contributed by atoms with E-state index in [0.717, 1.165) is 5.39 Å². The van der Waals surface area contributed by atoms with Crippen molar-refractivity contribution in [2.45, 2.75) is 39.3 Å². The number of carbonyl (C=O) groups is 1. The summed E-state index contributed by atoms with van der Waals surface area (Å²) in [4.78, 5) is 25.2. The SMILES string of the molecule is COCCn1nc(CNC(=O)c2ccc(C(C)(C)C)cc2)c2ccccc2c1=O. The molecular formula is C23H27N3O3. The Morgan fingerprint density at radius 1 is 1.07 bits per heavy atom. The quantitative estimate of drug-likeness (QED) is 0.698. The molecule has 0 spiro atoms. The number of methoxy groups -OCH3 is 1. The Labute approximate surface area is 170 Å². The Morgan fingerprint density at radius 3 is 2.34 bits per heavy atom. The van der Waals surface area contributed by atoms with E-state index in [-0.39, 0.29) is 23.4 Å². The van der Waals surface area contributed by atoms with Gasteiger partial charge in [0, 0.05) is 18.1 Å². The summed E-state index contributed by atoms with van der Waals surface area (Å²) in [6, 6.07) is 14.9. The molecule has 6 nitrogen and oxygen atoms in total. The van der Waals surface area contributed by atoms with Gasteiger partial charge in [0.25, 0.3) is 11.5 Å². The first-order chi connectivity index (χ1) is 13.8. The number of benzene rings is 2. The average molecular weight is 393 g/mol. The summed E-state index contributed by atoms with van der Waals surface area (Å²) >= 11 is 0.